The topological polar surface area (TPSA) is 49.6 Å². The second-order valence-electron chi connectivity index (χ2n) is 5.06. The van der Waals surface area contributed by atoms with E-state index >= 15 is 0 Å². The Kier molecular flexibility index (Phi) is 3.33. The van der Waals surface area contributed by atoms with Crippen LogP contribution in [0.25, 0.3) is 5.78 Å². The van der Waals surface area contributed by atoms with Gasteiger partial charge in [-0.05, 0) is 19.9 Å². The Morgan fingerprint density at radius 2 is 2.00 bits per heavy atom. The van der Waals surface area contributed by atoms with E-state index in [1.54, 1.807) is 6.33 Å². The molecule has 0 amide bonds. The molecule has 19 heavy (non-hydrogen) atoms. The molecule has 6 heteroatoms. The highest BCUT2D eigenvalue weighted by atomic mass is 15.4. The number of anilines is 1. The normalized spacial score (nSPS) is 17.3. The van der Waals surface area contributed by atoms with Crippen LogP contribution in [0.4, 0.5) is 5.82 Å². The number of fused-ring (bicyclic) bond motifs is 1. The zero-order valence-corrected chi connectivity index (χ0v) is 11.6. The van der Waals surface area contributed by atoms with Crippen molar-refractivity contribution in [1.82, 2.24) is 24.5 Å². The summed E-state index contributed by atoms with van der Waals surface area (Å²) < 4.78 is 1.84. The summed E-state index contributed by atoms with van der Waals surface area (Å²) in [6.45, 7) is 9.75. The zero-order valence-electron chi connectivity index (χ0n) is 11.6. The van der Waals surface area contributed by atoms with Crippen molar-refractivity contribution in [2.45, 2.75) is 20.3 Å². The fourth-order valence-corrected chi connectivity index (χ4v) is 2.65. The number of piperazine rings is 1. The molecular formula is C13H20N6. The molecule has 1 aliphatic heterocycles. The first-order chi connectivity index (χ1) is 9.28. The highest BCUT2D eigenvalue weighted by molar-refractivity contribution is 5.47. The van der Waals surface area contributed by atoms with Crippen LogP contribution in [0.3, 0.4) is 0 Å². The van der Waals surface area contributed by atoms with Crippen LogP contribution in [0.2, 0.25) is 0 Å². The van der Waals surface area contributed by atoms with Crippen molar-refractivity contribution in [2.75, 3.05) is 37.6 Å². The van der Waals surface area contributed by atoms with E-state index in [4.69, 9.17) is 0 Å². The van der Waals surface area contributed by atoms with Gasteiger partial charge in [0.1, 0.15) is 12.1 Å². The second kappa shape index (κ2) is 5.13. The third kappa shape index (κ3) is 2.40. The maximum absolute atomic E-state index is 4.39. The van der Waals surface area contributed by atoms with E-state index in [0.717, 1.165) is 37.7 Å². The van der Waals surface area contributed by atoms with Gasteiger partial charge in [-0.2, -0.15) is 14.6 Å². The summed E-state index contributed by atoms with van der Waals surface area (Å²) in [5, 5.41) is 4.28. The maximum Gasteiger partial charge on any atom is 0.254 e. The third-order valence-corrected chi connectivity index (χ3v) is 3.60. The lowest BCUT2D eigenvalue weighted by molar-refractivity contribution is 0.257. The van der Waals surface area contributed by atoms with E-state index in [1.165, 1.54) is 13.0 Å². The van der Waals surface area contributed by atoms with Crippen molar-refractivity contribution in [2.24, 2.45) is 0 Å². The van der Waals surface area contributed by atoms with Crippen LogP contribution in [0, 0.1) is 6.92 Å². The second-order valence-corrected chi connectivity index (χ2v) is 5.06. The van der Waals surface area contributed by atoms with Crippen LogP contribution in [0.1, 0.15) is 19.0 Å². The molecule has 0 saturated carbocycles. The minimum atomic E-state index is 0.686. The SMILES string of the molecule is CCCN1CCN(c2cc(C)nc3ncnn23)CC1. The Morgan fingerprint density at radius 3 is 2.74 bits per heavy atom. The van der Waals surface area contributed by atoms with Gasteiger partial charge in [0.05, 0.1) is 0 Å². The summed E-state index contributed by atoms with van der Waals surface area (Å²) in [4.78, 5) is 13.5. The van der Waals surface area contributed by atoms with Gasteiger partial charge in [0.25, 0.3) is 5.78 Å². The molecule has 0 unspecified atom stereocenters. The number of hydrogen-bond donors (Lipinski definition) is 0. The predicted molar refractivity (Wildman–Crippen MR) is 74.5 cm³/mol. The molecule has 102 valence electrons. The van der Waals surface area contributed by atoms with E-state index in [-0.39, 0.29) is 0 Å². The van der Waals surface area contributed by atoms with Crippen molar-refractivity contribution in [3.05, 3.63) is 18.1 Å². The molecule has 3 rings (SSSR count). The molecule has 3 heterocycles. The number of nitrogens with zero attached hydrogens (tertiary/aromatic N) is 6. The highest BCUT2D eigenvalue weighted by Gasteiger charge is 2.19. The van der Waals surface area contributed by atoms with Crippen molar-refractivity contribution < 1.29 is 0 Å². The van der Waals surface area contributed by atoms with E-state index in [0.29, 0.717) is 5.78 Å². The number of hydrogen-bond acceptors (Lipinski definition) is 5. The lowest BCUT2D eigenvalue weighted by Gasteiger charge is -2.35. The van der Waals surface area contributed by atoms with Crippen LogP contribution in [0.5, 0.6) is 0 Å². The highest BCUT2D eigenvalue weighted by Crippen LogP contribution is 2.17. The summed E-state index contributed by atoms with van der Waals surface area (Å²) in [6.07, 6.45) is 2.79. The van der Waals surface area contributed by atoms with Crippen molar-refractivity contribution in [3.63, 3.8) is 0 Å². The van der Waals surface area contributed by atoms with Gasteiger partial charge in [-0.25, -0.2) is 4.98 Å². The molecule has 0 aromatic carbocycles. The van der Waals surface area contributed by atoms with Crippen LogP contribution in [-0.4, -0.2) is 57.2 Å². The fraction of sp³-hybridized carbons (Fsp3) is 0.615. The standard InChI is InChI=1S/C13H20N6/c1-3-4-17-5-7-18(8-6-17)12-9-11(2)16-13-14-10-15-19(12)13/h9-10H,3-8H2,1-2H3. The minimum absolute atomic E-state index is 0.686. The van der Waals surface area contributed by atoms with Crippen molar-refractivity contribution in [1.29, 1.82) is 0 Å². The predicted octanol–water partition coefficient (Wildman–Crippen LogP) is 0.965. The molecule has 1 aliphatic rings. The van der Waals surface area contributed by atoms with Gasteiger partial charge >= 0.3 is 0 Å². The molecule has 2 aromatic rings. The molecule has 2 aromatic heterocycles. The average molecular weight is 260 g/mol. The first-order valence-electron chi connectivity index (χ1n) is 6.92. The van der Waals surface area contributed by atoms with E-state index in [1.807, 2.05) is 11.4 Å². The van der Waals surface area contributed by atoms with Crippen molar-refractivity contribution >= 4 is 11.6 Å². The molecule has 0 radical (unpaired) electrons. The lowest BCUT2D eigenvalue weighted by Crippen LogP contribution is -2.47. The smallest absolute Gasteiger partial charge is 0.254 e. The largest absolute Gasteiger partial charge is 0.354 e. The summed E-state index contributed by atoms with van der Waals surface area (Å²) in [5.41, 5.74) is 0.992. The number of aromatic nitrogens is 4. The quantitative estimate of drug-likeness (QED) is 0.823. The van der Waals surface area contributed by atoms with Gasteiger partial charge in [-0.1, -0.05) is 6.92 Å². The molecule has 6 nitrogen and oxygen atoms in total. The first-order valence-corrected chi connectivity index (χ1v) is 6.92. The van der Waals surface area contributed by atoms with Crippen LogP contribution in [-0.2, 0) is 0 Å². The molecule has 0 spiro atoms. The molecule has 0 aliphatic carbocycles. The maximum atomic E-state index is 4.39. The van der Waals surface area contributed by atoms with Crippen LogP contribution in [0.15, 0.2) is 12.4 Å². The Balaban J connectivity index is 1.83. The van der Waals surface area contributed by atoms with E-state index in [9.17, 15) is 0 Å². The Hall–Kier alpha value is -1.69. The summed E-state index contributed by atoms with van der Waals surface area (Å²) in [5.74, 6) is 1.79. The lowest BCUT2D eigenvalue weighted by atomic mass is 10.3. The molecular weight excluding hydrogens is 240 g/mol. The fourth-order valence-electron chi connectivity index (χ4n) is 2.65. The molecule has 0 bridgehead atoms. The third-order valence-electron chi connectivity index (χ3n) is 3.60. The van der Waals surface area contributed by atoms with E-state index in [2.05, 4.69) is 37.9 Å². The zero-order chi connectivity index (χ0) is 13.2. The van der Waals surface area contributed by atoms with Gasteiger partial charge in [0.15, 0.2) is 0 Å². The summed E-state index contributed by atoms with van der Waals surface area (Å²) in [6, 6.07) is 2.09. The summed E-state index contributed by atoms with van der Waals surface area (Å²) in [7, 11) is 0. The van der Waals surface area contributed by atoms with Gasteiger partial charge < -0.3 is 4.90 Å². The van der Waals surface area contributed by atoms with Crippen molar-refractivity contribution in [3.8, 4) is 0 Å². The Labute approximate surface area is 113 Å². The average Bonchev–Trinajstić information content (AvgIpc) is 2.87. The number of rotatable bonds is 3. The minimum Gasteiger partial charge on any atom is -0.354 e. The van der Waals surface area contributed by atoms with Crippen LogP contribution < -0.4 is 4.90 Å². The van der Waals surface area contributed by atoms with E-state index < -0.39 is 0 Å². The molecule has 1 fully saturated rings. The summed E-state index contributed by atoms with van der Waals surface area (Å²) >= 11 is 0. The first kappa shape index (κ1) is 12.3. The van der Waals surface area contributed by atoms with Gasteiger partial charge in [0, 0.05) is 37.9 Å². The molecule has 0 atom stereocenters. The van der Waals surface area contributed by atoms with Gasteiger partial charge in [-0.15, -0.1) is 0 Å². The number of aryl methyl sites for hydroxylation is 1. The monoisotopic (exact) mass is 260 g/mol. The molecule has 0 N–H and O–H groups in total. The van der Waals surface area contributed by atoms with Gasteiger partial charge in [0.2, 0.25) is 0 Å². The van der Waals surface area contributed by atoms with Crippen LogP contribution >= 0.6 is 0 Å². The Bertz CT molecular complexity index is 555. The molecule has 1 saturated heterocycles. The van der Waals surface area contributed by atoms with Gasteiger partial charge in [-0.3, -0.25) is 4.90 Å². The Morgan fingerprint density at radius 1 is 1.21 bits per heavy atom.